The van der Waals surface area contributed by atoms with Gasteiger partial charge in [-0.15, -0.1) is 0 Å². The largest absolute Gasteiger partial charge is 0.412 e. The minimum absolute atomic E-state index is 0.136. The molecular formula is C32H55ClI2O2Si2. The van der Waals surface area contributed by atoms with Crippen LogP contribution in [0.15, 0.2) is 48.5 Å². The van der Waals surface area contributed by atoms with Gasteiger partial charge in [-0.1, -0.05) is 107 Å². The molecule has 1 N–H and O–H groups in total. The van der Waals surface area contributed by atoms with E-state index < -0.39 is 15.7 Å². The van der Waals surface area contributed by atoms with E-state index in [1.165, 1.54) is 12.7 Å². The predicted molar refractivity (Wildman–Crippen MR) is 197 cm³/mol. The van der Waals surface area contributed by atoms with E-state index in [0.717, 1.165) is 12.2 Å². The second kappa shape index (κ2) is 19.0. The van der Waals surface area contributed by atoms with Crippen molar-refractivity contribution in [1.29, 1.82) is 0 Å². The van der Waals surface area contributed by atoms with Gasteiger partial charge in [0.05, 0.1) is 13.2 Å². The third kappa shape index (κ3) is 12.4. The van der Waals surface area contributed by atoms with Crippen molar-refractivity contribution in [3.8, 4) is 0 Å². The molecule has 0 aromatic heterocycles. The average molecular weight is 817 g/mol. The number of aliphatic hydroxyl groups is 1. The molecule has 0 bridgehead atoms. The van der Waals surface area contributed by atoms with Crippen LogP contribution in [0.4, 0.5) is 0 Å². The Labute approximate surface area is 275 Å². The highest BCUT2D eigenvalue weighted by atomic mass is 127. The number of halogens is 3. The lowest BCUT2D eigenvalue weighted by Gasteiger charge is -2.42. The van der Waals surface area contributed by atoms with E-state index in [1.807, 2.05) is 24.3 Å². The van der Waals surface area contributed by atoms with Gasteiger partial charge >= 0.3 is 0 Å². The fraction of sp³-hybridized carbons (Fsp3) is 0.625. The molecule has 0 saturated carbocycles. The summed E-state index contributed by atoms with van der Waals surface area (Å²) in [5, 5.41) is 8.63. The van der Waals surface area contributed by atoms with E-state index >= 15 is 0 Å². The predicted octanol–water partition coefficient (Wildman–Crippen LogP) is 12.2. The number of benzene rings is 2. The molecule has 224 valence electrons. The molecule has 0 aliphatic carbocycles. The molecule has 0 saturated heterocycles. The van der Waals surface area contributed by atoms with Gasteiger partial charge in [-0.05, 0) is 114 Å². The standard InChI is InChI=1S/C16H27IOSi.C9H21ClSi.C7H7IO/c1-12(2)19(13(3)4,14(5)6)18-11-15-7-9-16(17)10-8-15;1-7(2)11(10,8(3)4)9(5)6;8-7-3-1-6(5-9)2-4-7/h7-10,12-14H,11H2,1-6H3;7-9H,1-6H3;1-4,9H,5H2. The minimum atomic E-state index is -1.73. The summed E-state index contributed by atoms with van der Waals surface area (Å²) in [6, 6.07) is 16.5. The highest BCUT2D eigenvalue weighted by Gasteiger charge is 2.45. The number of hydrogen-bond acceptors (Lipinski definition) is 2. The van der Waals surface area contributed by atoms with E-state index in [9.17, 15) is 0 Å². The van der Waals surface area contributed by atoms with Crippen molar-refractivity contribution in [3.05, 3.63) is 66.8 Å². The summed E-state index contributed by atoms with van der Waals surface area (Å²) in [7, 11) is -3.24. The molecule has 0 radical (unpaired) electrons. The van der Waals surface area contributed by atoms with Gasteiger partial charge in [0.25, 0.3) is 0 Å². The maximum atomic E-state index is 8.63. The van der Waals surface area contributed by atoms with Crippen LogP contribution in [-0.4, -0.2) is 20.8 Å². The van der Waals surface area contributed by atoms with E-state index in [1.54, 1.807) is 0 Å². The lowest BCUT2D eigenvalue weighted by atomic mass is 10.2. The first-order chi connectivity index (χ1) is 18.0. The van der Waals surface area contributed by atoms with Crippen LogP contribution < -0.4 is 0 Å². The van der Waals surface area contributed by atoms with Crippen molar-refractivity contribution >= 4 is 72.0 Å². The molecule has 0 heterocycles. The zero-order valence-electron chi connectivity index (χ0n) is 26.5. The van der Waals surface area contributed by atoms with Crippen LogP contribution in [0.5, 0.6) is 0 Å². The number of rotatable bonds is 10. The molecule has 2 rings (SSSR count). The van der Waals surface area contributed by atoms with Crippen LogP contribution in [0.3, 0.4) is 0 Å². The first-order valence-corrected chi connectivity index (χ1v) is 21.9. The Kier molecular flexibility index (Phi) is 19.2. The molecule has 7 heteroatoms. The molecule has 0 spiro atoms. The summed E-state index contributed by atoms with van der Waals surface area (Å²) in [5.74, 6) is 0. The van der Waals surface area contributed by atoms with Crippen molar-refractivity contribution in [2.45, 2.75) is 130 Å². The van der Waals surface area contributed by atoms with Crippen molar-refractivity contribution in [1.82, 2.24) is 0 Å². The molecule has 0 aliphatic rings. The monoisotopic (exact) mass is 816 g/mol. The first-order valence-electron chi connectivity index (χ1n) is 14.4. The summed E-state index contributed by atoms with van der Waals surface area (Å²) in [6.07, 6.45) is 0. The van der Waals surface area contributed by atoms with Crippen LogP contribution >= 0.6 is 56.3 Å². The van der Waals surface area contributed by atoms with E-state index in [-0.39, 0.29) is 6.61 Å². The highest BCUT2D eigenvalue weighted by Crippen LogP contribution is 2.44. The molecule has 39 heavy (non-hydrogen) atoms. The Bertz CT molecular complexity index is 871. The van der Waals surface area contributed by atoms with Gasteiger partial charge in [0, 0.05) is 7.14 Å². The first kappa shape index (κ1) is 39.5. The molecule has 2 aromatic carbocycles. The Balaban J connectivity index is 0.000000611. The Hall–Kier alpha value is 0.544. The molecule has 2 nitrogen and oxygen atoms in total. The summed E-state index contributed by atoms with van der Waals surface area (Å²) in [5.41, 5.74) is 6.26. The van der Waals surface area contributed by atoms with Crippen LogP contribution in [0.25, 0.3) is 0 Å². The molecule has 0 fully saturated rings. The second-order valence-corrected chi connectivity index (χ2v) is 27.3. The highest BCUT2D eigenvalue weighted by molar-refractivity contribution is 14.1. The normalized spacial score (nSPS) is 12.3. The molecule has 0 aliphatic heterocycles. The second-order valence-electron chi connectivity index (χ2n) is 12.3. The van der Waals surface area contributed by atoms with Gasteiger partial charge in [0.15, 0.2) is 7.38 Å². The summed E-state index contributed by atoms with van der Waals surface area (Å²) < 4.78 is 9.05. The van der Waals surface area contributed by atoms with Crippen molar-refractivity contribution in [3.63, 3.8) is 0 Å². The summed E-state index contributed by atoms with van der Waals surface area (Å²) >= 11 is 11.3. The molecule has 2 aromatic rings. The zero-order chi connectivity index (χ0) is 30.6. The van der Waals surface area contributed by atoms with Crippen molar-refractivity contribution < 1.29 is 9.53 Å². The SMILES string of the molecule is CC(C)[Si](Cl)(C(C)C)C(C)C.CC(C)[Si](OCc1ccc(I)cc1)(C(C)C)C(C)C.OCc1ccc(I)cc1. The molecule has 0 atom stereocenters. The Morgan fingerprint density at radius 2 is 0.897 bits per heavy atom. The summed E-state index contributed by atoms with van der Waals surface area (Å²) in [4.78, 5) is 0. The van der Waals surface area contributed by atoms with Crippen LogP contribution in [0.2, 0.25) is 33.2 Å². The maximum absolute atomic E-state index is 8.63. The number of aliphatic hydroxyl groups excluding tert-OH is 1. The summed E-state index contributed by atoms with van der Waals surface area (Å²) in [6.45, 7) is 28.5. The van der Waals surface area contributed by atoms with Gasteiger partial charge in [-0.2, -0.15) is 11.1 Å². The fourth-order valence-corrected chi connectivity index (χ4v) is 16.0. The van der Waals surface area contributed by atoms with E-state index in [4.69, 9.17) is 20.6 Å². The van der Waals surface area contributed by atoms with Crippen molar-refractivity contribution in [2.24, 2.45) is 0 Å². The Morgan fingerprint density at radius 3 is 1.13 bits per heavy atom. The third-order valence-electron chi connectivity index (χ3n) is 7.86. The van der Waals surface area contributed by atoms with Gasteiger partial charge in [0.1, 0.15) is 0 Å². The lowest BCUT2D eigenvalue weighted by Crippen LogP contribution is -2.47. The third-order valence-corrected chi connectivity index (χ3v) is 24.6. The topological polar surface area (TPSA) is 29.5 Å². The van der Waals surface area contributed by atoms with Gasteiger partial charge in [0.2, 0.25) is 8.32 Å². The zero-order valence-corrected chi connectivity index (χ0v) is 33.6. The smallest absolute Gasteiger partial charge is 0.200 e. The molecule has 0 unspecified atom stereocenters. The quantitative estimate of drug-likeness (QED) is 0.147. The van der Waals surface area contributed by atoms with Gasteiger partial charge < -0.3 is 9.53 Å². The minimum Gasteiger partial charge on any atom is -0.412 e. The molecular weight excluding hydrogens is 762 g/mol. The van der Waals surface area contributed by atoms with Gasteiger partial charge in [-0.3, -0.25) is 0 Å². The van der Waals surface area contributed by atoms with Crippen LogP contribution in [0, 0.1) is 7.14 Å². The van der Waals surface area contributed by atoms with E-state index in [2.05, 4.69) is 153 Å². The lowest BCUT2D eigenvalue weighted by molar-refractivity contribution is 0.266. The van der Waals surface area contributed by atoms with Crippen LogP contribution in [-0.2, 0) is 17.6 Å². The van der Waals surface area contributed by atoms with E-state index in [0.29, 0.717) is 33.2 Å². The molecule has 0 amide bonds. The Morgan fingerprint density at radius 1 is 0.590 bits per heavy atom. The fourth-order valence-electron chi connectivity index (χ4n) is 5.88. The van der Waals surface area contributed by atoms with Crippen LogP contribution in [0.1, 0.15) is 94.2 Å². The van der Waals surface area contributed by atoms with Crippen molar-refractivity contribution in [2.75, 3.05) is 0 Å². The average Bonchev–Trinajstić information content (AvgIpc) is 2.85. The number of hydrogen-bond donors (Lipinski definition) is 1. The maximum Gasteiger partial charge on any atom is 0.200 e. The van der Waals surface area contributed by atoms with Gasteiger partial charge in [-0.25, -0.2) is 0 Å².